The molecule has 92 valence electrons. The fourth-order valence-corrected chi connectivity index (χ4v) is 2.53. The molecule has 0 saturated carbocycles. The van der Waals surface area contributed by atoms with Crippen LogP contribution in [0.3, 0.4) is 0 Å². The molecule has 0 aromatic heterocycles. The number of rotatable bonds is 4. The van der Waals surface area contributed by atoms with Crippen molar-refractivity contribution in [3.05, 3.63) is 35.4 Å². The molecular formula is C15H21NO. The molecule has 17 heavy (non-hydrogen) atoms. The fourth-order valence-electron chi connectivity index (χ4n) is 2.53. The van der Waals surface area contributed by atoms with Gasteiger partial charge in [0.1, 0.15) is 0 Å². The van der Waals surface area contributed by atoms with E-state index >= 15 is 0 Å². The molecule has 1 saturated heterocycles. The second-order valence-electron chi connectivity index (χ2n) is 4.99. The third kappa shape index (κ3) is 3.40. The summed E-state index contributed by atoms with van der Waals surface area (Å²) in [6.45, 7) is 4.23. The molecule has 1 aliphatic rings. The van der Waals surface area contributed by atoms with E-state index < -0.39 is 0 Å². The van der Waals surface area contributed by atoms with Gasteiger partial charge in [-0.25, -0.2) is 0 Å². The standard InChI is InChI=1S/C15H21NO/c1-12-5-2-3-7-14(12)15(17)9-8-13-6-4-10-16-11-13/h2-3,5,7,13,16H,4,6,8-11H2,1H3. The van der Waals surface area contributed by atoms with Crippen LogP contribution in [0.5, 0.6) is 0 Å². The maximum atomic E-state index is 12.1. The van der Waals surface area contributed by atoms with E-state index in [4.69, 9.17) is 0 Å². The summed E-state index contributed by atoms with van der Waals surface area (Å²) in [6.07, 6.45) is 4.24. The van der Waals surface area contributed by atoms with Crippen LogP contribution in [0.25, 0.3) is 0 Å². The van der Waals surface area contributed by atoms with Gasteiger partial charge >= 0.3 is 0 Å². The molecule has 0 amide bonds. The zero-order chi connectivity index (χ0) is 12.1. The number of Topliss-reactive ketones (excluding diaryl/α,β-unsaturated/α-hetero) is 1. The van der Waals surface area contributed by atoms with E-state index in [-0.39, 0.29) is 0 Å². The van der Waals surface area contributed by atoms with Crippen molar-refractivity contribution in [2.24, 2.45) is 5.92 Å². The molecule has 0 spiro atoms. The molecule has 1 heterocycles. The summed E-state index contributed by atoms with van der Waals surface area (Å²) >= 11 is 0. The van der Waals surface area contributed by atoms with Gasteiger partial charge in [-0.2, -0.15) is 0 Å². The van der Waals surface area contributed by atoms with Gasteiger partial charge in [-0.1, -0.05) is 24.3 Å². The minimum absolute atomic E-state index is 0.300. The van der Waals surface area contributed by atoms with Gasteiger partial charge < -0.3 is 5.32 Å². The highest BCUT2D eigenvalue weighted by Gasteiger charge is 2.15. The Balaban J connectivity index is 1.87. The zero-order valence-electron chi connectivity index (χ0n) is 10.5. The Morgan fingerprint density at radius 2 is 2.24 bits per heavy atom. The number of piperidine rings is 1. The maximum Gasteiger partial charge on any atom is 0.163 e. The quantitative estimate of drug-likeness (QED) is 0.807. The zero-order valence-corrected chi connectivity index (χ0v) is 10.5. The summed E-state index contributed by atoms with van der Waals surface area (Å²) in [5.74, 6) is 0.991. The smallest absolute Gasteiger partial charge is 0.163 e. The third-order valence-corrected chi connectivity index (χ3v) is 3.62. The van der Waals surface area contributed by atoms with E-state index in [1.54, 1.807) is 0 Å². The average molecular weight is 231 g/mol. The van der Waals surface area contributed by atoms with Crippen molar-refractivity contribution in [1.82, 2.24) is 5.32 Å². The second kappa shape index (κ2) is 5.97. The minimum Gasteiger partial charge on any atom is -0.316 e. The first kappa shape index (κ1) is 12.3. The Hall–Kier alpha value is -1.15. The van der Waals surface area contributed by atoms with Gasteiger partial charge in [0, 0.05) is 12.0 Å². The lowest BCUT2D eigenvalue weighted by Gasteiger charge is -2.22. The van der Waals surface area contributed by atoms with Crippen LogP contribution in [-0.2, 0) is 0 Å². The fraction of sp³-hybridized carbons (Fsp3) is 0.533. The Labute approximate surface area is 103 Å². The van der Waals surface area contributed by atoms with E-state index in [0.29, 0.717) is 18.1 Å². The Morgan fingerprint density at radius 3 is 2.94 bits per heavy atom. The molecule has 0 radical (unpaired) electrons. The van der Waals surface area contributed by atoms with Crippen LogP contribution in [0.4, 0.5) is 0 Å². The molecule has 1 aromatic rings. The first-order valence-electron chi connectivity index (χ1n) is 6.57. The van der Waals surface area contributed by atoms with Crippen molar-refractivity contribution < 1.29 is 4.79 Å². The van der Waals surface area contributed by atoms with Gasteiger partial charge in [-0.15, -0.1) is 0 Å². The third-order valence-electron chi connectivity index (χ3n) is 3.62. The summed E-state index contributed by atoms with van der Waals surface area (Å²) in [7, 11) is 0. The van der Waals surface area contributed by atoms with Crippen LogP contribution in [0, 0.1) is 12.8 Å². The predicted molar refractivity (Wildman–Crippen MR) is 70.3 cm³/mol. The number of hydrogen-bond donors (Lipinski definition) is 1. The van der Waals surface area contributed by atoms with Crippen LogP contribution in [-0.4, -0.2) is 18.9 Å². The normalized spacial score (nSPS) is 20.2. The van der Waals surface area contributed by atoms with Crippen molar-refractivity contribution >= 4 is 5.78 Å². The highest BCUT2D eigenvalue weighted by molar-refractivity contribution is 5.97. The number of hydrogen-bond acceptors (Lipinski definition) is 2. The lowest BCUT2D eigenvalue weighted by atomic mass is 9.92. The Bertz CT molecular complexity index is 380. The topological polar surface area (TPSA) is 29.1 Å². The van der Waals surface area contributed by atoms with Gasteiger partial charge in [-0.3, -0.25) is 4.79 Å². The molecule has 0 bridgehead atoms. The van der Waals surface area contributed by atoms with Crippen molar-refractivity contribution in [1.29, 1.82) is 0 Å². The Kier molecular flexibility index (Phi) is 4.32. The van der Waals surface area contributed by atoms with E-state index in [1.165, 1.54) is 12.8 Å². The molecule has 1 unspecified atom stereocenters. The molecule has 2 heteroatoms. The van der Waals surface area contributed by atoms with Crippen LogP contribution in [0.15, 0.2) is 24.3 Å². The number of benzene rings is 1. The first-order chi connectivity index (χ1) is 8.27. The minimum atomic E-state index is 0.300. The lowest BCUT2D eigenvalue weighted by Crippen LogP contribution is -2.30. The number of aryl methyl sites for hydroxylation is 1. The molecule has 1 fully saturated rings. The average Bonchev–Trinajstić information content (AvgIpc) is 2.38. The monoisotopic (exact) mass is 231 g/mol. The van der Waals surface area contributed by atoms with Gasteiger partial charge in [0.2, 0.25) is 0 Å². The summed E-state index contributed by atoms with van der Waals surface area (Å²) in [5.41, 5.74) is 2.00. The molecule has 1 N–H and O–H groups in total. The van der Waals surface area contributed by atoms with Gasteiger partial charge in [0.05, 0.1) is 0 Å². The van der Waals surface area contributed by atoms with E-state index in [1.807, 2.05) is 31.2 Å². The van der Waals surface area contributed by atoms with Crippen LogP contribution in [0.2, 0.25) is 0 Å². The lowest BCUT2D eigenvalue weighted by molar-refractivity contribution is 0.0971. The summed E-state index contributed by atoms with van der Waals surface area (Å²) in [5, 5.41) is 3.40. The predicted octanol–water partition coefficient (Wildman–Crippen LogP) is 2.96. The van der Waals surface area contributed by atoms with Crippen molar-refractivity contribution in [2.45, 2.75) is 32.6 Å². The highest BCUT2D eigenvalue weighted by Crippen LogP contribution is 2.18. The van der Waals surface area contributed by atoms with Crippen molar-refractivity contribution in [3.63, 3.8) is 0 Å². The van der Waals surface area contributed by atoms with Crippen molar-refractivity contribution in [2.75, 3.05) is 13.1 Å². The molecule has 1 aromatic carbocycles. The van der Waals surface area contributed by atoms with Gasteiger partial charge in [0.25, 0.3) is 0 Å². The van der Waals surface area contributed by atoms with Gasteiger partial charge in [-0.05, 0) is 50.8 Å². The summed E-state index contributed by atoms with van der Waals surface area (Å²) < 4.78 is 0. The largest absolute Gasteiger partial charge is 0.316 e. The molecule has 1 atom stereocenters. The number of ketones is 1. The van der Waals surface area contributed by atoms with E-state index in [9.17, 15) is 4.79 Å². The molecule has 2 rings (SSSR count). The summed E-state index contributed by atoms with van der Waals surface area (Å²) in [6, 6.07) is 7.88. The summed E-state index contributed by atoms with van der Waals surface area (Å²) in [4.78, 5) is 12.1. The number of carbonyl (C=O) groups is 1. The van der Waals surface area contributed by atoms with Crippen LogP contribution < -0.4 is 5.32 Å². The Morgan fingerprint density at radius 1 is 1.41 bits per heavy atom. The van der Waals surface area contributed by atoms with Gasteiger partial charge in [0.15, 0.2) is 5.78 Å². The van der Waals surface area contributed by atoms with Crippen LogP contribution >= 0.6 is 0 Å². The van der Waals surface area contributed by atoms with E-state index in [2.05, 4.69) is 5.32 Å². The molecule has 2 nitrogen and oxygen atoms in total. The van der Waals surface area contributed by atoms with E-state index in [0.717, 1.165) is 30.6 Å². The first-order valence-corrected chi connectivity index (χ1v) is 6.57. The SMILES string of the molecule is Cc1ccccc1C(=O)CCC1CCCNC1. The van der Waals surface area contributed by atoms with Crippen molar-refractivity contribution in [3.8, 4) is 0 Å². The highest BCUT2D eigenvalue weighted by atomic mass is 16.1. The molecule has 0 aliphatic carbocycles. The number of nitrogens with one attached hydrogen (secondary N) is 1. The number of carbonyl (C=O) groups excluding carboxylic acids is 1. The molecule has 1 aliphatic heterocycles. The second-order valence-corrected chi connectivity index (χ2v) is 4.99. The van der Waals surface area contributed by atoms with Crippen LogP contribution in [0.1, 0.15) is 41.6 Å². The maximum absolute atomic E-state index is 12.1. The molecular weight excluding hydrogens is 210 g/mol.